The van der Waals surface area contributed by atoms with Gasteiger partial charge in [0.25, 0.3) is 0 Å². The van der Waals surface area contributed by atoms with Crippen LogP contribution in [0.2, 0.25) is 0 Å². The lowest BCUT2D eigenvalue weighted by Gasteiger charge is -2.15. The van der Waals surface area contributed by atoms with E-state index in [2.05, 4.69) is 20.8 Å². The molecule has 2 rings (SSSR count). The van der Waals surface area contributed by atoms with E-state index in [1.807, 2.05) is 24.3 Å². The summed E-state index contributed by atoms with van der Waals surface area (Å²) in [5.41, 5.74) is 3.18. The molecule has 6 heteroatoms. The first-order valence-electron chi connectivity index (χ1n) is 18.5. The van der Waals surface area contributed by atoms with Crippen molar-refractivity contribution in [1.82, 2.24) is 0 Å². The summed E-state index contributed by atoms with van der Waals surface area (Å²) < 4.78 is 0. The lowest BCUT2D eigenvalue weighted by molar-refractivity contribution is -0.421. The fourth-order valence-electron chi connectivity index (χ4n) is 5.51. The number of hydrogen-bond donors (Lipinski definition) is 0. The molecule has 6 nitrogen and oxygen atoms in total. The molecule has 0 fully saturated rings. The Morgan fingerprint density at radius 1 is 0.457 bits per heavy atom. The Labute approximate surface area is 279 Å². The zero-order valence-corrected chi connectivity index (χ0v) is 29.2. The third kappa shape index (κ3) is 18.4. The van der Waals surface area contributed by atoms with Crippen molar-refractivity contribution in [2.45, 2.75) is 168 Å². The number of aryl methyl sites for hydroxylation is 2. The average molecular weight is 639 g/mol. The molecule has 0 amide bonds. The largest absolute Gasteiger partial charge is 0.373 e. The second kappa shape index (κ2) is 26.4. The van der Waals surface area contributed by atoms with Gasteiger partial charge in [0.05, 0.1) is 11.1 Å². The molecular formula is C40H62O6. The van der Waals surface area contributed by atoms with Crippen molar-refractivity contribution < 1.29 is 29.1 Å². The Bertz CT molecular complexity index is 963. The topological polar surface area (TPSA) is 71.1 Å². The summed E-state index contributed by atoms with van der Waals surface area (Å²) in [5.74, 6) is -1.21. The number of hydrogen-bond acceptors (Lipinski definition) is 6. The Balaban J connectivity index is 1.79. The van der Waals surface area contributed by atoms with E-state index in [-0.39, 0.29) is 0 Å². The van der Waals surface area contributed by atoms with Gasteiger partial charge in [0.15, 0.2) is 0 Å². The molecule has 0 saturated carbocycles. The number of carbonyl (C=O) groups excluding carboxylic acids is 2. The van der Waals surface area contributed by atoms with Crippen molar-refractivity contribution >= 4 is 11.9 Å². The van der Waals surface area contributed by atoms with Crippen LogP contribution < -0.4 is 0 Å². The molecule has 0 aromatic heterocycles. The van der Waals surface area contributed by atoms with Crippen molar-refractivity contribution in [1.29, 1.82) is 0 Å². The van der Waals surface area contributed by atoms with E-state index in [1.54, 1.807) is 24.3 Å². The van der Waals surface area contributed by atoms with Gasteiger partial charge in [-0.25, -0.2) is 9.59 Å². The van der Waals surface area contributed by atoms with E-state index in [0.29, 0.717) is 17.5 Å². The zero-order valence-electron chi connectivity index (χ0n) is 29.2. The van der Waals surface area contributed by atoms with E-state index in [0.717, 1.165) is 44.9 Å². The molecular weight excluding hydrogens is 576 g/mol. The van der Waals surface area contributed by atoms with Gasteiger partial charge in [-0.1, -0.05) is 148 Å². The summed E-state index contributed by atoms with van der Waals surface area (Å²) in [4.78, 5) is 46.4. The predicted molar refractivity (Wildman–Crippen MR) is 186 cm³/mol. The lowest BCUT2D eigenvalue weighted by Crippen LogP contribution is -2.22. The minimum absolute atomic E-state index is 0.398. The van der Waals surface area contributed by atoms with Crippen LogP contribution in [0.1, 0.15) is 181 Å². The molecule has 0 aliphatic rings. The van der Waals surface area contributed by atoms with Crippen molar-refractivity contribution in [3.8, 4) is 0 Å². The average Bonchev–Trinajstić information content (AvgIpc) is 3.08. The fourth-order valence-corrected chi connectivity index (χ4v) is 5.51. The third-order valence-electron chi connectivity index (χ3n) is 8.52. The number of carbonyl (C=O) groups is 2. The predicted octanol–water partition coefficient (Wildman–Crippen LogP) is 11.8. The molecule has 0 heterocycles. The van der Waals surface area contributed by atoms with E-state index in [9.17, 15) is 9.59 Å². The molecule has 0 unspecified atom stereocenters. The molecule has 0 radical (unpaired) electrons. The lowest BCUT2D eigenvalue weighted by atomic mass is 10.0. The number of unbranched alkanes of at least 4 members (excludes halogenated alkanes) is 16. The summed E-state index contributed by atoms with van der Waals surface area (Å²) in [7, 11) is 0. The van der Waals surface area contributed by atoms with Crippen molar-refractivity contribution in [3.63, 3.8) is 0 Å². The Kier molecular flexibility index (Phi) is 22.6. The van der Waals surface area contributed by atoms with Gasteiger partial charge in [0.2, 0.25) is 6.29 Å². The van der Waals surface area contributed by atoms with Crippen LogP contribution in [-0.4, -0.2) is 18.2 Å². The summed E-state index contributed by atoms with van der Waals surface area (Å²) in [5, 5.41) is 0. The summed E-state index contributed by atoms with van der Waals surface area (Å²) in [6, 6.07) is 14.8. The Hall–Kier alpha value is -2.70. The van der Waals surface area contributed by atoms with Crippen LogP contribution in [0, 0.1) is 0 Å². The van der Waals surface area contributed by atoms with Gasteiger partial charge in [-0.15, -0.1) is 9.78 Å². The SMILES string of the molecule is CCCCCCCCCCCCCCCC(OOC(=O)c1ccc(CCCCC)cc1)OOC(=O)c1ccc(CCCCC)cc1. The maximum absolute atomic E-state index is 12.7. The fraction of sp³-hybridized carbons (Fsp3) is 0.650. The third-order valence-corrected chi connectivity index (χ3v) is 8.52. The minimum atomic E-state index is -1.01. The highest BCUT2D eigenvalue weighted by atomic mass is 17.3. The molecule has 0 saturated heterocycles. The van der Waals surface area contributed by atoms with Gasteiger partial charge in [-0.05, 0) is 67.5 Å². The number of benzene rings is 2. The number of rotatable bonds is 28. The molecule has 0 aliphatic heterocycles. The first-order valence-corrected chi connectivity index (χ1v) is 18.5. The molecule has 0 aliphatic carbocycles. The van der Waals surface area contributed by atoms with Gasteiger partial charge in [-0.2, -0.15) is 0 Å². The van der Waals surface area contributed by atoms with Crippen LogP contribution in [0.5, 0.6) is 0 Å². The highest BCUT2D eigenvalue weighted by Crippen LogP contribution is 2.17. The highest BCUT2D eigenvalue weighted by molar-refractivity contribution is 5.89. The molecule has 0 spiro atoms. The van der Waals surface area contributed by atoms with E-state index in [4.69, 9.17) is 19.6 Å². The zero-order chi connectivity index (χ0) is 33.1. The first-order chi connectivity index (χ1) is 22.6. The standard InChI is InChI=1S/C40H62O6/c1-4-7-10-11-12-13-14-15-16-17-18-19-22-25-38(43-45-39(41)36-30-26-34(27-31-36)23-20-8-5-2)44-46-40(42)37-32-28-35(29-33-37)24-21-9-6-3/h26-33,38H,4-25H2,1-3H3. The monoisotopic (exact) mass is 638 g/mol. The maximum Gasteiger partial charge on any atom is 0.373 e. The maximum atomic E-state index is 12.7. The first kappa shape index (κ1) is 39.5. The quantitative estimate of drug-likeness (QED) is 0.0400. The van der Waals surface area contributed by atoms with E-state index in [1.165, 1.54) is 101 Å². The summed E-state index contributed by atoms with van der Waals surface area (Å²) in [6.07, 6.45) is 24.5. The van der Waals surface area contributed by atoms with Crippen molar-refractivity contribution in [2.24, 2.45) is 0 Å². The smallest absolute Gasteiger partial charge is 0.290 e. The van der Waals surface area contributed by atoms with Crippen molar-refractivity contribution in [2.75, 3.05) is 0 Å². The van der Waals surface area contributed by atoms with Gasteiger partial charge in [0.1, 0.15) is 0 Å². The Morgan fingerprint density at radius 2 is 0.783 bits per heavy atom. The van der Waals surface area contributed by atoms with Gasteiger partial charge >= 0.3 is 11.9 Å². The second-order valence-corrected chi connectivity index (χ2v) is 12.7. The van der Waals surface area contributed by atoms with Crippen LogP contribution in [0.4, 0.5) is 0 Å². The molecule has 2 aromatic carbocycles. The minimum Gasteiger partial charge on any atom is -0.290 e. The highest BCUT2D eigenvalue weighted by Gasteiger charge is 2.20. The molecule has 0 bridgehead atoms. The van der Waals surface area contributed by atoms with E-state index >= 15 is 0 Å². The molecule has 0 atom stereocenters. The van der Waals surface area contributed by atoms with Crippen LogP contribution in [0.25, 0.3) is 0 Å². The van der Waals surface area contributed by atoms with Gasteiger partial charge in [0, 0.05) is 6.42 Å². The molecule has 258 valence electrons. The summed E-state index contributed by atoms with van der Waals surface area (Å²) >= 11 is 0. The molecule has 2 aromatic rings. The van der Waals surface area contributed by atoms with Gasteiger partial charge in [-0.3, -0.25) is 9.78 Å². The van der Waals surface area contributed by atoms with Crippen LogP contribution in [-0.2, 0) is 32.4 Å². The van der Waals surface area contributed by atoms with Crippen LogP contribution in [0.3, 0.4) is 0 Å². The normalized spacial score (nSPS) is 11.2. The molecule has 0 N–H and O–H groups in total. The van der Waals surface area contributed by atoms with Gasteiger partial charge < -0.3 is 0 Å². The second-order valence-electron chi connectivity index (χ2n) is 12.7. The molecule has 46 heavy (non-hydrogen) atoms. The Morgan fingerprint density at radius 3 is 1.15 bits per heavy atom. The van der Waals surface area contributed by atoms with E-state index < -0.39 is 18.2 Å². The summed E-state index contributed by atoms with van der Waals surface area (Å²) in [6.45, 7) is 6.62. The van der Waals surface area contributed by atoms with Crippen LogP contribution in [0.15, 0.2) is 48.5 Å². The van der Waals surface area contributed by atoms with Crippen molar-refractivity contribution in [3.05, 3.63) is 70.8 Å². The van der Waals surface area contributed by atoms with Crippen LogP contribution >= 0.6 is 0 Å².